The van der Waals surface area contributed by atoms with Crippen molar-refractivity contribution in [2.24, 2.45) is 0 Å². The van der Waals surface area contributed by atoms with E-state index >= 15 is 0 Å². The Balaban J connectivity index is 3.05. The van der Waals surface area contributed by atoms with Crippen molar-refractivity contribution in [3.63, 3.8) is 0 Å². The van der Waals surface area contributed by atoms with Crippen molar-refractivity contribution in [3.05, 3.63) is 23.5 Å². The van der Waals surface area contributed by atoms with Crippen LogP contribution in [0.5, 0.6) is 0 Å². The molecule has 0 amide bonds. The maximum absolute atomic E-state index is 10.6. The highest BCUT2D eigenvalue weighted by atomic mass is 16.1. The highest BCUT2D eigenvalue weighted by molar-refractivity contribution is 5.73. The molecule has 2 nitrogen and oxygen atoms in total. The van der Waals surface area contributed by atoms with Crippen LogP contribution < -0.4 is 0 Å². The van der Waals surface area contributed by atoms with Crippen LogP contribution in [-0.4, -0.2) is 10.9 Å². The number of hydrogen-bond donors (Lipinski definition) is 0. The third-order valence-electron chi connectivity index (χ3n) is 2.08. The van der Waals surface area contributed by atoms with Gasteiger partial charge in [0.25, 0.3) is 0 Å². The lowest BCUT2D eigenvalue weighted by atomic mass is 10.1. The molecule has 0 aliphatic rings. The van der Waals surface area contributed by atoms with Crippen molar-refractivity contribution in [3.8, 4) is 0 Å². The smallest absolute Gasteiger partial charge is 0.166 e. The summed E-state index contributed by atoms with van der Waals surface area (Å²) in [6, 6.07) is 1.96. The van der Waals surface area contributed by atoms with Gasteiger partial charge in [-0.1, -0.05) is 13.8 Å². The molecular formula is C10H15NO. The van der Waals surface area contributed by atoms with Gasteiger partial charge in [-0.2, -0.15) is 0 Å². The molecule has 1 aromatic heterocycles. The van der Waals surface area contributed by atoms with Crippen LogP contribution in [0.3, 0.4) is 0 Å². The number of aromatic nitrogens is 1. The van der Waals surface area contributed by atoms with Crippen molar-refractivity contribution >= 4 is 6.29 Å². The molecule has 0 aromatic carbocycles. The van der Waals surface area contributed by atoms with Crippen molar-refractivity contribution in [1.29, 1.82) is 0 Å². The molecule has 0 fully saturated rings. The maximum atomic E-state index is 10.6. The second kappa shape index (κ2) is 3.57. The summed E-state index contributed by atoms with van der Waals surface area (Å²) in [5, 5.41) is 0. The normalized spacial score (nSPS) is 10.7. The van der Waals surface area contributed by atoms with E-state index < -0.39 is 0 Å². The van der Waals surface area contributed by atoms with Gasteiger partial charge in [0.05, 0.1) is 5.69 Å². The predicted molar refractivity (Wildman–Crippen MR) is 49.6 cm³/mol. The number of hydrogen-bond acceptors (Lipinski definition) is 1. The highest BCUT2D eigenvalue weighted by Gasteiger charge is 2.05. The number of carbonyl (C=O) groups is 1. The minimum Gasteiger partial charge on any atom is -0.345 e. The Morgan fingerprint density at radius 1 is 1.58 bits per heavy atom. The van der Waals surface area contributed by atoms with Gasteiger partial charge in [-0.25, -0.2) is 0 Å². The van der Waals surface area contributed by atoms with Crippen molar-refractivity contribution in [2.75, 3.05) is 0 Å². The van der Waals surface area contributed by atoms with Gasteiger partial charge in [0.15, 0.2) is 6.29 Å². The summed E-state index contributed by atoms with van der Waals surface area (Å²) in [6.07, 6.45) is 2.96. The first kappa shape index (κ1) is 9.04. The Labute approximate surface area is 73.2 Å². The fraction of sp³-hybridized carbons (Fsp3) is 0.500. The van der Waals surface area contributed by atoms with Crippen molar-refractivity contribution in [1.82, 2.24) is 4.57 Å². The average molecular weight is 165 g/mol. The van der Waals surface area contributed by atoms with Crippen LogP contribution in [0.1, 0.15) is 42.7 Å². The molecule has 12 heavy (non-hydrogen) atoms. The Bertz CT molecular complexity index is 273. The van der Waals surface area contributed by atoms with E-state index in [9.17, 15) is 4.79 Å². The second-order valence-corrected chi connectivity index (χ2v) is 3.26. The molecule has 1 heterocycles. The third-order valence-corrected chi connectivity index (χ3v) is 2.08. The fourth-order valence-electron chi connectivity index (χ4n) is 1.24. The monoisotopic (exact) mass is 165 g/mol. The van der Waals surface area contributed by atoms with Crippen LogP contribution in [0.15, 0.2) is 12.3 Å². The Kier molecular flexibility index (Phi) is 2.69. The summed E-state index contributed by atoms with van der Waals surface area (Å²) >= 11 is 0. The Hall–Kier alpha value is -1.05. The highest BCUT2D eigenvalue weighted by Crippen LogP contribution is 2.16. The summed E-state index contributed by atoms with van der Waals surface area (Å²) in [6.45, 7) is 7.16. The first-order chi connectivity index (χ1) is 5.69. The van der Waals surface area contributed by atoms with E-state index in [4.69, 9.17) is 0 Å². The van der Waals surface area contributed by atoms with E-state index in [0.29, 0.717) is 5.92 Å². The van der Waals surface area contributed by atoms with Gasteiger partial charge in [0.1, 0.15) is 0 Å². The summed E-state index contributed by atoms with van der Waals surface area (Å²) in [5.41, 5.74) is 2.01. The Morgan fingerprint density at radius 2 is 2.25 bits per heavy atom. The van der Waals surface area contributed by atoms with Crippen molar-refractivity contribution in [2.45, 2.75) is 33.2 Å². The van der Waals surface area contributed by atoms with Crippen LogP contribution in [-0.2, 0) is 6.54 Å². The molecule has 0 bridgehead atoms. The summed E-state index contributed by atoms with van der Waals surface area (Å²) in [7, 11) is 0. The zero-order valence-corrected chi connectivity index (χ0v) is 7.87. The number of rotatable bonds is 3. The SMILES string of the molecule is CCn1cc(C(C)C)cc1C=O. The zero-order valence-electron chi connectivity index (χ0n) is 7.87. The van der Waals surface area contributed by atoms with Gasteiger partial charge in [-0.3, -0.25) is 4.79 Å². The molecule has 66 valence electrons. The van der Waals surface area contributed by atoms with Crippen LogP contribution in [0.4, 0.5) is 0 Å². The molecule has 0 unspecified atom stereocenters. The molecule has 1 rings (SSSR count). The minimum atomic E-state index is 0.497. The molecule has 1 aromatic rings. The number of aldehydes is 1. The van der Waals surface area contributed by atoms with Crippen LogP contribution in [0.25, 0.3) is 0 Å². The molecule has 2 heteroatoms. The van der Waals surface area contributed by atoms with Gasteiger partial charge in [-0.05, 0) is 24.5 Å². The summed E-state index contributed by atoms with van der Waals surface area (Å²) in [4.78, 5) is 10.6. The minimum absolute atomic E-state index is 0.497. The molecule has 0 saturated carbocycles. The van der Waals surface area contributed by atoms with E-state index in [1.165, 1.54) is 5.56 Å². The largest absolute Gasteiger partial charge is 0.345 e. The third kappa shape index (κ3) is 1.58. The van der Waals surface area contributed by atoms with Crippen LogP contribution in [0.2, 0.25) is 0 Å². The standard InChI is InChI=1S/C10H15NO/c1-4-11-6-9(8(2)3)5-10(11)7-12/h5-8H,4H2,1-3H3. The van der Waals surface area contributed by atoms with Crippen LogP contribution in [0, 0.1) is 0 Å². The lowest BCUT2D eigenvalue weighted by Gasteiger charge is -1.99. The summed E-state index contributed by atoms with van der Waals surface area (Å²) < 4.78 is 1.97. The van der Waals surface area contributed by atoms with Gasteiger partial charge >= 0.3 is 0 Å². The van der Waals surface area contributed by atoms with Gasteiger partial charge < -0.3 is 4.57 Å². The number of nitrogens with zero attached hydrogens (tertiary/aromatic N) is 1. The lowest BCUT2D eigenvalue weighted by Crippen LogP contribution is -1.96. The quantitative estimate of drug-likeness (QED) is 0.630. The van der Waals surface area contributed by atoms with E-state index in [0.717, 1.165) is 18.5 Å². The average Bonchev–Trinajstić information content (AvgIpc) is 2.46. The van der Waals surface area contributed by atoms with E-state index in [1.54, 1.807) is 0 Å². The Morgan fingerprint density at radius 3 is 2.58 bits per heavy atom. The van der Waals surface area contributed by atoms with E-state index in [2.05, 4.69) is 20.0 Å². The lowest BCUT2D eigenvalue weighted by molar-refractivity contribution is 0.111. The molecule has 0 aliphatic carbocycles. The molecular weight excluding hydrogens is 150 g/mol. The van der Waals surface area contributed by atoms with Gasteiger partial charge in [-0.15, -0.1) is 0 Å². The van der Waals surface area contributed by atoms with Crippen LogP contribution >= 0.6 is 0 Å². The van der Waals surface area contributed by atoms with E-state index in [-0.39, 0.29) is 0 Å². The van der Waals surface area contributed by atoms with E-state index in [1.807, 2.05) is 17.6 Å². The zero-order chi connectivity index (χ0) is 9.14. The predicted octanol–water partition coefficient (Wildman–Crippen LogP) is 2.44. The molecule has 0 atom stereocenters. The second-order valence-electron chi connectivity index (χ2n) is 3.26. The van der Waals surface area contributed by atoms with Gasteiger partial charge in [0.2, 0.25) is 0 Å². The molecule has 0 aliphatic heterocycles. The number of carbonyl (C=O) groups excluding carboxylic acids is 1. The fourth-order valence-corrected chi connectivity index (χ4v) is 1.24. The first-order valence-electron chi connectivity index (χ1n) is 4.34. The maximum Gasteiger partial charge on any atom is 0.166 e. The topological polar surface area (TPSA) is 22.0 Å². The molecule has 0 N–H and O–H groups in total. The molecule has 0 radical (unpaired) electrons. The molecule has 0 spiro atoms. The first-order valence-corrected chi connectivity index (χ1v) is 4.34. The molecule has 0 saturated heterocycles. The summed E-state index contributed by atoms with van der Waals surface area (Å²) in [5.74, 6) is 0.497. The number of aryl methyl sites for hydroxylation is 1. The van der Waals surface area contributed by atoms with Gasteiger partial charge in [0, 0.05) is 12.7 Å². The van der Waals surface area contributed by atoms with Crippen molar-refractivity contribution < 1.29 is 4.79 Å².